The molecule has 25 heavy (non-hydrogen) atoms. The fourth-order valence-electron chi connectivity index (χ4n) is 2.91. The summed E-state index contributed by atoms with van der Waals surface area (Å²) in [4.78, 5) is 23.3. The Bertz CT molecular complexity index is 691. The van der Waals surface area contributed by atoms with E-state index in [1.54, 1.807) is 0 Å². The highest BCUT2D eigenvalue weighted by atomic mass is 32.9. The summed E-state index contributed by atoms with van der Waals surface area (Å²) in [5, 5.41) is 0. The Morgan fingerprint density at radius 2 is 1.20 bits per heavy atom. The van der Waals surface area contributed by atoms with Gasteiger partial charge in [0.25, 0.3) is 0 Å². The highest BCUT2D eigenvalue weighted by molar-refractivity contribution is 8.65. The van der Waals surface area contributed by atoms with Crippen molar-refractivity contribution in [2.24, 2.45) is 0 Å². The molecule has 0 aliphatic rings. The molecule has 0 aromatic heterocycles. The van der Waals surface area contributed by atoms with E-state index in [0.717, 1.165) is 48.3 Å². The van der Waals surface area contributed by atoms with E-state index in [9.17, 15) is 9.79 Å². The van der Waals surface area contributed by atoms with E-state index in [-0.39, 0.29) is 0 Å². The van der Waals surface area contributed by atoms with Gasteiger partial charge in [-0.1, -0.05) is 85.4 Å². The van der Waals surface area contributed by atoms with Crippen molar-refractivity contribution in [1.29, 1.82) is 0 Å². The highest BCUT2D eigenvalue weighted by Crippen LogP contribution is 2.52. The van der Waals surface area contributed by atoms with Crippen LogP contribution in [0.2, 0.25) is 0 Å². The topological polar surface area (TPSA) is 40.5 Å². The quantitative estimate of drug-likeness (QED) is 0.378. The standard InChI is InChI=1S/C20H29O2PS2/c1-3-5-11-17-13-7-9-15-19(17)25(23(21,22)24)20-16-10-8-14-18(20)12-6-4-2/h7-10,13-16,21-22,24H,3-6,11-12H2,1-2H3. The van der Waals surface area contributed by atoms with Crippen LogP contribution in [0.25, 0.3) is 0 Å². The lowest BCUT2D eigenvalue weighted by Crippen LogP contribution is -2.03. The van der Waals surface area contributed by atoms with Crippen molar-refractivity contribution in [3.05, 3.63) is 59.7 Å². The maximum Gasteiger partial charge on any atom is 0.207 e. The van der Waals surface area contributed by atoms with Gasteiger partial charge in [-0.2, -0.15) is 0 Å². The number of aryl methyl sites for hydroxylation is 2. The monoisotopic (exact) mass is 396 g/mol. The molecule has 2 aromatic carbocycles. The molecule has 0 amide bonds. The third-order valence-electron chi connectivity index (χ3n) is 4.21. The van der Waals surface area contributed by atoms with E-state index < -0.39 is 15.8 Å². The van der Waals surface area contributed by atoms with Crippen molar-refractivity contribution in [3.63, 3.8) is 0 Å². The highest BCUT2D eigenvalue weighted by Gasteiger charge is 2.20. The molecule has 0 saturated carbocycles. The molecule has 0 aliphatic carbocycles. The Labute approximate surface area is 159 Å². The van der Waals surface area contributed by atoms with Crippen LogP contribution in [0.5, 0.6) is 0 Å². The fourth-order valence-corrected chi connectivity index (χ4v) is 9.17. The number of hydrogen-bond donors (Lipinski definition) is 3. The Hall–Kier alpha value is -0.510. The first-order chi connectivity index (χ1) is 12.0. The van der Waals surface area contributed by atoms with Gasteiger partial charge in [0, 0.05) is 9.79 Å². The first-order valence-corrected chi connectivity index (χ1v) is 13.6. The number of benzene rings is 2. The zero-order valence-electron chi connectivity index (χ0n) is 15.1. The van der Waals surface area contributed by atoms with Gasteiger partial charge in [0.05, 0.1) is 0 Å². The van der Waals surface area contributed by atoms with Gasteiger partial charge in [-0.3, -0.25) is 0 Å². The average Bonchev–Trinajstić information content (AvgIpc) is 2.59. The Morgan fingerprint density at radius 3 is 1.56 bits per heavy atom. The van der Waals surface area contributed by atoms with Crippen LogP contribution in [0, 0.1) is 0 Å². The average molecular weight is 397 g/mol. The lowest BCUT2D eigenvalue weighted by atomic mass is 10.1. The van der Waals surface area contributed by atoms with Gasteiger partial charge in [0.15, 0.2) is 0 Å². The number of hydrogen-bond acceptors (Lipinski definition) is 0. The maximum atomic E-state index is 10.6. The summed E-state index contributed by atoms with van der Waals surface area (Å²) in [6.07, 6.45) is 6.35. The predicted octanol–water partition coefficient (Wildman–Crippen LogP) is 6.00. The second kappa shape index (κ2) is 9.99. The molecule has 0 fully saturated rings. The van der Waals surface area contributed by atoms with Crippen LogP contribution in [0.1, 0.15) is 50.7 Å². The molecule has 2 rings (SSSR count). The van der Waals surface area contributed by atoms with Crippen molar-refractivity contribution in [2.75, 3.05) is 0 Å². The molecule has 0 aliphatic heterocycles. The summed E-state index contributed by atoms with van der Waals surface area (Å²) >= 11 is 4.28. The molecule has 2 aromatic rings. The molecule has 0 spiro atoms. The SMILES string of the molecule is CCCCc1ccccc1S(c1ccccc1CCCC)=P(O)(O)S. The predicted molar refractivity (Wildman–Crippen MR) is 114 cm³/mol. The van der Waals surface area contributed by atoms with Crippen molar-refractivity contribution in [1.82, 2.24) is 0 Å². The Kier molecular flexibility index (Phi) is 8.31. The maximum absolute atomic E-state index is 10.6. The first kappa shape index (κ1) is 20.8. The molecule has 0 saturated heterocycles. The van der Waals surface area contributed by atoms with Gasteiger partial charge in [0.1, 0.15) is 0 Å². The van der Waals surface area contributed by atoms with Crippen molar-refractivity contribution >= 4 is 28.0 Å². The summed E-state index contributed by atoms with van der Waals surface area (Å²) in [5.74, 6) is 0. The molecule has 2 nitrogen and oxygen atoms in total. The van der Waals surface area contributed by atoms with Crippen LogP contribution in [-0.2, 0) is 22.9 Å². The van der Waals surface area contributed by atoms with Crippen LogP contribution in [-0.4, -0.2) is 9.79 Å². The van der Waals surface area contributed by atoms with E-state index in [2.05, 4.69) is 38.2 Å². The number of thiol groups is 1. The minimum absolute atomic E-state index is 0.812. The van der Waals surface area contributed by atoms with E-state index in [1.165, 1.54) is 11.1 Å². The van der Waals surface area contributed by atoms with Crippen molar-refractivity contribution in [2.45, 2.75) is 62.2 Å². The first-order valence-electron chi connectivity index (χ1n) is 8.97. The van der Waals surface area contributed by atoms with Crippen LogP contribution >= 0.6 is 17.9 Å². The van der Waals surface area contributed by atoms with Gasteiger partial charge in [-0.15, -0.1) is 0 Å². The third-order valence-corrected chi connectivity index (χ3v) is 10.4. The van der Waals surface area contributed by atoms with Gasteiger partial charge < -0.3 is 9.79 Å². The van der Waals surface area contributed by atoms with Crippen LogP contribution in [0.4, 0.5) is 0 Å². The molecule has 0 heterocycles. The third kappa shape index (κ3) is 5.74. The summed E-state index contributed by atoms with van der Waals surface area (Å²) in [6.45, 7) is 4.35. The lowest BCUT2D eigenvalue weighted by Gasteiger charge is -2.22. The van der Waals surface area contributed by atoms with E-state index in [0.29, 0.717) is 0 Å². The van der Waals surface area contributed by atoms with Crippen LogP contribution < -0.4 is 0 Å². The summed E-state index contributed by atoms with van der Waals surface area (Å²) < 4.78 is 0. The molecular formula is C20H29O2PS2. The minimum atomic E-state index is -3.37. The fraction of sp³-hybridized carbons (Fsp3) is 0.400. The van der Waals surface area contributed by atoms with Crippen LogP contribution in [0.3, 0.4) is 0 Å². The van der Waals surface area contributed by atoms with Gasteiger partial charge in [-0.05, 0) is 48.9 Å². The van der Waals surface area contributed by atoms with E-state index >= 15 is 0 Å². The van der Waals surface area contributed by atoms with Crippen molar-refractivity contribution < 1.29 is 9.79 Å². The second-order valence-corrected chi connectivity index (χ2v) is 13.8. The molecule has 0 atom stereocenters. The normalized spacial score (nSPS) is 11.9. The summed E-state index contributed by atoms with van der Waals surface area (Å²) in [7, 11) is -0.812. The van der Waals surface area contributed by atoms with Gasteiger partial charge in [0.2, 0.25) is 5.69 Å². The smallest absolute Gasteiger partial charge is 0.207 e. The second-order valence-electron chi connectivity index (χ2n) is 6.22. The van der Waals surface area contributed by atoms with Crippen molar-refractivity contribution in [3.8, 4) is 0 Å². The largest absolute Gasteiger partial charge is 0.341 e. The summed E-state index contributed by atoms with van der Waals surface area (Å²) in [5.41, 5.74) is -0.950. The Balaban J connectivity index is 2.63. The molecular weight excluding hydrogens is 367 g/mol. The molecule has 0 radical (unpaired) electrons. The molecule has 138 valence electrons. The van der Waals surface area contributed by atoms with Crippen LogP contribution in [0.15, 0.2) is 58.3 Å². The molecule has 0 unspecified atom stereocenters. The summed E-state index contributed by atoms with van der Waals surface area (Å²) in [6, 6.07) is 16.4. The molecule has 5 heteroatoms. The lowest BCUT2D eigenvalue weighted by molar-refractivity contribution is 0.502. The minimum Gasteiger partial charge on any atom is -0.341 e. The zero-order chi connectivity index (χ0) is 18.3. The Morgan fingerprint density at radius 1 is 0.800 bits per heavy atom. The van der Waals surface area contributed by atoms with Gasteiger partial charge in [-0.25, -0.2) is 0 Å². The molecule has 2 N–H and O–H groups in total. The molecule has 0 bridgehead atoms. The number of rotatable bonds is 8. The van der Waals surface area contributed by atoms with E-state index in [1.807, 2.05) is 36.4 Å². The zero-order valence-corrected chi connectivity index (χ0v) is 17.7. The van der Waals surface area contributed by atoms with Gasteiger partial charge >= 0.3 is 0 Å². The number of unbranched alkanes of at least 4 members (excludes halogenated alkanes) is 2. The van der Waals surface area contributed by atoms with E-state index in [4.69, 9.17) is 0 Å².